The number of aryl methyl sites for hydroxylation is 1. The lowest BCUT2D eigenvalue weighted by atomic mass is 10.0. The first-order valence-electron chi connectivity index (χ1n) is 10.3. The van der Waals surface area contributed by atoms with Gasteiger partial charge in [0.15, 0.2) is 11.3 Å². The predicted molar refractivity (Wildman–Crippen MR) is 115 cm³/mol. The number of amides is 1. The largest absolute Gasteiger partial charge is 0.423 e. The molecule has 0 radical (unpaired) electrons. The number of nitrogens with zero attached hydrogens (tertiary/aromatic N) is 7. The SMILES string of the molecule is Cc1cnc(C(=O)N2CCCC(N(C)c3nc4ccccc4o3)C2)c(-n2nccn2)c1. The van der Waals surface area contributed by atoms with Crippen molar-refractivity contribution >= 4 is 23.0 Å². The fourth-order valence-corrected chi connectivity index (χ4v) is 3.98. The van der Waals surface area contributed by atoms with Gasteiger partial charge in [-0.25, -0.2) is 4.98 Å². The number of likely N-dealkylation sites (tertiary alicyclic amines) is 1. The maximum absolute atomic E-state index is 13.4. The van der Waals surface area contributed by atoms with Gasteiger partial charge in [0.25, 0.3) is 11.9 Å². The topological polar surface area (TPSA) is 93.2 Å². The van der Waals surface area contributed by atoms with Crippen LogP contribution in [0.4, 0.5) is 6.01 Å². The summed E-state index contributed by atoms with van der Waals surface area (Å²) in [6.07, 6.45) is 6.72. The molecule has 0 bridgehead atoms. The highest BCUT2D eigenvalue weighted by molar-refractivity contribution is 5.96. The van der Waals surface area contributed by atoms with Crippen LogP contribution in [0.5, 0.6) is 0 Å². The molecule has 3 aromatic heterocycles. The van der Waals surface area contributed by atoms with Crippen molar-refractivity contribution in [2.45, 2.75) is 25.8 Å². The van der Waals surface area contributed by atoms with Gasteiger partial charge in [-0.3, -0.25) is 4.79 Å². The van der Waals surface area contributed by atoms with E-state index in [0.29, 0.717) is 30.5 Å². The Morgan fingerprint density at radius 2 is 2.03 bits per heavy atom. The highest BCUT2D eigenvalue weighted by Gasteiger charge is 2.31. The van der Waals surface area contributed by atoms with Crippen molar-refractivity contribution in [2.75, 3.05) is 25.0 Å². The van der Waals surface area contributed by atoms with Crippen LogP contribution in [0.3, 0.4) is 0 Å². The Labute approximate surface area is 179 Å². The molecular weight excluding hydrogens is 394 g/mol. The standard InChI is InChI=1S/C22H23N7O2/c1-15-12-18(29-24-9-10-25-29)20(23-13-15)21(30)28-11-5-6-16(14-28)27(2)22-26-17-7-3-4-8-19(17)31-22/h3-4,7-10,12-13,16H,5-6,11,14H2,1-2H3. The molecule has 5 rings (SSSR count). The summed E-state index contributed by atoms with van der Waals surface area (Å²) in [5.74, 6) is -0.122. The minimum absolute atomic E-state index is 0.0995. The minimum atomic E-state index is -0.122. The molecule has 1 aliphatic rings. The molecule has 1 fully saturated rings. The van der Waals surface area contributed by atoms with Crippen LogP contribution in [0.25, 0.3) is 16.8 Å². The van der Waals surface area contributed by atoms with Crippen molar-refractivity contribution in [1.29, 1.82) is 0 Å². The first-order valence-corrected chi connectivity index (χ1v) is 10.3. The maximum atomic E-state index is 13.4. The van der Waals surface area contributed by atoms with Crippen LogP contribution in [0.1, 0.15) is 28.9 Å². The number of hydrogen-bond acceptors (Lipinski definition) is 7. The minimum Gasteiger partial charge on any atom is -0.423 e. The summed E-state index contributed by atoms with van der Waals surface area (Å²) in [5.41, 5.74) is 3.47. The zero-order valence-electron chi connectivity index (χ0n) is 17.5. The fraction of sp³-hybridized carbons (Fsp3) is 0.318. The number of benzene rings is 1. The second-order valence-electron chi connectivity index (χ2n) is 7.82. The molecule has 0 N–H and O–H groups in total. The number of rotatable bonds is 4. The molecule has 1 amide bonds. The Hall–Kier alpha value is -3.75. The Bertz CT molecular complexity index is 1180. The van der Waals surface area contributed by atoms with E-state index in [1.165, 1.54) is 4.80 Å². The monoisotopic (exact) mass is 417 g/mol. The average Bonchev–Trinajstić information content (AvgIpc) is 3.48. The summed E-state index contributed by atoms with van der Waals surface area (Å²) in [7, 11) is 1.96. The number of para-hydroxylation sites is 2. The molecule has 31 heavy (non-hydrogen) atoms. The third-order valence-corrected chi connectivity index (χ3v) is 5.66. The number of anilines is 1. The number of pyridine rings is 1. The summed E-state index contributed by atoms with van der Waals surface area (Å²) in [6, 6.07) is 10.3. The van der Waals surface area contributed by atoms with E-state index in [-0.39, 0.29) is 11.9 Å². The van der Waals surface area contributed by atoms with Gasteiger partial charge in [0, 0.05) is 26.3 Å². The van der Waals surface area contributed by atoms with Crippen LogP contribution in [-0.2, 0) is 0 Å². The Morgan fingerprint density at radius 1 is 1.23 bits per heavy atom. The van der Waals surface area contributed by atoms with Crippen LogP contribution in [0.2, 0.25) is 0 Å². The van der Waals surface area contributed by atoms with E-state index in [4.69, 9.17) is 4.42 Å². The zero-order valence-corrected chi connectivity index (χ0v) is 17.5. The van der Waals surface area contributed by atoms with E-state index in [2.05, 4.69) is 20.2 Å². The van der Waals surface area contributed by atoms with Crippen LogP contribution in [0.15, 0.2) is 53.3 Å². The average molecular weight is 417 g/mol. The predicted octanol–water partition coefficient (Wildman–Crippen LogP) is 2.85. The van der Waals surface area contributed by atoms with Gasteiger partial charge in [0.1, 0.15) is 11.2 Å². The molecule has 0 spiro atoms. The first-order chi connectivity index (χ1) is 15.1. The van der Waals surface area contributed by atoms with Crippen molar-refractivity contribution in [3.63, 3.8) is 0 Å². The highest BCUT2D eigenvalue weighted by Crippen LogP contribution is 2.26. The number of aromatic nitrogens is 5. The van der Waals surface area contributed by atoms with E-state index in [1.54, 1.807) is 18.6 Å². The number of hydrogen-bond donors (Lipinski definition) is 0. The molecule has 1 saturated heterocycles. The van der Waals surface area contributed by atoms with Gasteiger partial charge in [-0.05, 0) is 43.5 Å². The maximum Gasteiger partial charge on any atom is 0.298 e. The molecule has 9 heteroatoms. The lowest BCUT2D eigenvalue weighted by Gasteiger charge is -2.37. The summed E-state index contributed by atoms with van der Waals surface area (Å²) in [4.78, 5) is 27.8. The Kier molecular flexibility index (Phi) is 4.85. The van der Waals surface area contributed by atoms with E-state index >= 15 is 0 Å². The molecule has 1 unspecified atom stereocenters. The molecule has 0 saturated carbocycles. The summed E-state index contributed by atoms with van der Waals surface area (Å²) in [5, 5.41) is 8.37. The number of piperidine rings is 1. The van der Waals surface area contributed by atoms with Crippen LogP contribution >= 0.6 is 0 Å². The normalized spacial score (nSPS) is 16.6. The number of carbonyl (C=O) groups excluding carboxylic acids is 1. The quantitative estimate of drug-likeness (QED) is 0.504. The molecule has 4 heterocycles. The van der Waals surface area contributed by atoms with E-state index < -0.39 is 0 Å². The van der Waals surface area contributed by atoms with Crippen molar-refractivity contribution < 1.29 is 9.21 Å². The molecule has 158 valence electrons. The van der Waals surface area contributed by atoms with Gasteiger partial charge in [0.2, 0.25) is 0 Å². The van der Waals surface area contributed by atoms with Gasteiger partial charge in [0.05, 0.1) is 18.4 Å². The van der Waals surface area contributed by atoms with Crippen molar-refractivity contribution in [2.24, 2.45) is 0 Å². The Balaban J connectivity index is 1.39. The highest BCUT2D eigenvalue weighted by atomic mass is 16.4. The molecule has 1 aliphatic heterocycles. The molecular formula is C22H23N7O2. The van der Waals surface area contributed by atoms with Crippen molar-refractivity contribution in [3.05, 3.63) is 60.2 Å². The zero-order chi connectivity index (χ0) is 21.4. The van der Waals surface area contributed by atoms with Crippen LogP contribution < -0.4 is 4.90 Å². The smallest absolute Gasteiger partial charge is 0.298 e. The summed E-state index contributed by atoms with van der Waals surface area (Å²) in [6.45, 7) is 3.17. The first kappa shape index (κ1) is 19.2. The number of carbonyl (C=O) groups is 1. The van der Waals surface area contributed by atoms with Gasteiger partial charge in [-0.15, -0.1) is 4.80 Å². The van der Waals surface area contributed by atoms with Crippen LogP contribution in [0, 0.1) is 6.92 Å². The van der Waals surface area contributed by atoms with E-state index in [1.807, 2.05) is 54.1 Å². The number of fused-ring (bicyclic) bond motifs is 1. The van der Waals surface area contributed by atoms with E-state index in [9.17, 15) is 4.79 Å². The van der Waals surface area contributed by atoms with Gasteiger partial charge >= 0.3 is 0 Å². The number of oxazole rings is 1. The Morgan fingerprint density at radius 3 is 2.84 bits per heavy atom. The van der Waals surface area contributed by atoms with E-state index in [0.717, 1.165) is 29.5 Å². The van der Waals surface area contributed by atoms with Crippen molar-refractivity contribution in [3.8, 4) is 5.69 Å². The van der Waals surface area contributed by atoms with Gasteiger partial charge in [-0.1, -0.05) is 12.1 Å². The van der Waals surface area contributed by atoms with Crippen LogP contribution in [-0.4, -0.2) is 61.9 Å². The third-order valence-electron chi connectivity index (χ3n) is 5.66. The van der Waals surface area contributed by atoms with Gasteiger partial charge < -0.3 is 14.2 Å². The summed E-state index contributed by atoms with van der Waals surface area (Å²) < 4.78 is 5.92. The number of likely N-dealkylation sites (N-methyl/N-ethyl adjacent to an activating group) is 1. The third kappa shape index (κ3) is 3.63. The molecule has 1 atom stereocenters. The summed E-state index contributed by atoms with van der Waals surface area (Å²) >= 11 is 0. The second-order valence-corrected chi connectivity index (χ2v) is 7.82. The van der Waals surface area contributed by atoms with Gasteiger partial charge in [-0.2, -0.15) is 15.2 Å². The molecule has 9 nitrogen and oxygen atoms in total. The van der Waals surface area contributed by atoms with Crippen molar-refractivity contribution in [1.82, 2.24) is 29.9 Å². The molecule has 4 aromatic rings. The molecule has 1 aromatic carbocycles. The fourth-order valence-electron chi connectivity index (χ4n) is 3.98. The lowest BCUT2D eigenvalue weighted by Crippen LogP contribution is -2.49. The molecule has 0 aliphatic carbocycles. The second kappa shape index (κ2) is 7.82. The lowest BCUT2D eigenvalue weighted by molar-refractivity contribution is 0.0699.